The Morgan fingerprint density at radius 2 is 1.92 bits per heavy atom. The molecule has 10 heteroatoms. The standard InChI is InChI=1S/C29H28FN5O2S2/c30-21-8-2-1-6-19(21)26-24(33-29(39-26)34-12-3-4-13-34)28(37)35-18-11-10-17(14-18)23(35)15-31-27(36)20-7-5-9-22-25(20)38-16-32-22/h1-2,5-9,16-18,23H,3-4,10-15H2,(H,31,36)/t17-,18+,23+/m1/s1. The number of fused-ring (bicyclic) bond motifs is 3. The van der Waals surface area contributed by atoms with Gasteiger partial charge in [-0.15, -0.1) is 11.3 Å². The Morgan fingerprint density at radius 3 is 2.77 bits per heavy atom. The minimum absolute atomic E-state index is 0.111. The monoisotopic (exact) mass is 561 g/mol. The number of benzene rings is 2. The summed E-state index contributed by atoms with van der Waals surface area (Å²) in [4.78, 5) is 41.3. The second kappa shape index (κ2) is 9.98. The minimum atomic E-state index is -0.354. The number of carbonyl (C=O) groups excluding carboxylic acids is 2. The van der Waals surface area contributed by atoms with E-state index in [1.807, 2.05) is 23.1 Å². The lowest BCUT2D eigenvalue weighted by Crippen LogP contribution is -2.50. The second-order valence-corrected chi connectivity index (χ2v) is 12.4. The molecule has 0 unspecified atom stereocenters. The third kappa shape index (κ3) is 4.30. The fraction of sp³-hybridized carbons (Fsp3) is 0.379. The van der Waals surface area contributed by atoms with Gasteiger partial charge in [-0.3, -0.25) is 9.59 Å². The van der Waals surface area contributed by atoms with Crippen molar-refractivity contribution in [3.63, 3.8) is 0 Å². The van der Waals surface area contributed by atoms with Crippen LogP contribution in [0.4, 0.5) is 9.52 Å². The van der Waals surface area contributed by atoms with Crippen molar-refractivity contribution in [3.05, 3.63) is 65.0 Å². The van der Waals surface area contributed by atoms with Gasteiger partial charge in [0.25, 0.3) is 11.8 Å². The van der Waals surface area contributed by atoms with E-state index in [4.69, 9.17) is 4.98 Å². The van der Waals surface area contributed by atoms with E-state index in [-0.39, 0.29) is 29.7 Å². The number of amides is 2. The summed E-state index contributed by atoms with van der Waals surface area (Å²) < 4.78 is 15.8. The maximum atomic E-state index is 15.0. The zero-order chi connectivity index (χ0) is 26.5. The molecule has 2 aliphatic heterocycles. The number of aromatic nitrogens is 2. The number of carbonyl (C=O) groups is 2. The van der Waals surface area contributed by atoms with Crippen molar-refractivity contribution in [1.82, 2.24) is 20.2 Å². The summed E-state index contributed by atoms with van der Waals surface area (Å²) in [5.41, 5.74) is 3.89. The van der Waals surface area contributed by atoms with Gasteiger partial charge in [0, 0.05) is 31.2 Å². The number of anilines is 1. The molecule has 0 spiro atoms. The van der Waals surface area contributed by atoms with Crippen molar-refractivity contribution in [2.75, 3.05) is 24.5 Å². The van der Waals surface area contributed by atoms with Crippen LogP contribution >= 0.6 is 22.7 Å². The van der Waals surface area contributed by atoms with Crippen molar-refractivity contribution >= 4 is 49.8 Å². The average molecular weight is 562 g/mol. The molecule has 2 aromatic heterocycles. The molecule has 2 aromatic carbocycles. The molecule has 4 aromatic rings. The Balaban J connectivity index is 1.18. The number of thiazole rings is 2. The van der Waals surface area contributed by atoms with Crippen molar-refractivity contribution in [3.8, 4) is 10.4 Å². The molecule has 1 N–H and O–H groups in total. The molecule has 7 rings (SSSR count). The Kier molecular flexibility index (Phi) is 6.31. The van der Waals surface area contributed by atoms with Crippen LogP contribution in [0, 0.1) is 11.7 Å². The summed E-state index contributed by atoms with van der Waals surface area (Å²) >= 11 is 2.85. The van der Waals surface area contributed by atoms with E-state index in [0.717, 1.165) is 60.5 Å². The van der Waals surface area contributed by atoms with Crippen molar-refractivity contribution in [2.24, 2.45) is 5.92 Å². The average Bonchev–Trinajstić information content (AvgIpc) is 3.78. The van der Waals surface area contributed by atoms with Gasteiger partial charge in [-0.25, -0.2) is 14.4 Å². The predicted octanol–water partition coefficient (Wildman–Crippen LogP) is 5.58. The van der Waals surface area contributed by atoms with Crippen molar-refractivity contribution in [2.45, 2.75) is 44.2 Å². The molecule has 3 fully saturated rings. The van der Waals surface area contributed by atoms with Gasteiger partial charge >= 0.3 is 0 Å². The van der Waals surface area contributed by atoms with Gasteiger partial charge in [-0.05, 0) is 56.2 Å². The molecule has 4 heterocycles. The summed E-state index contributed by atoms with van der Waals surface area (Å²) in [7, 11) is 0. The first-order valence-corrected chi connectivity index (χ1v) is 15.2. The van der Waals surface area contributed by atoms with E-state index < -0.39 is 0 Å². The molecule has 7 nitrogen and oxygen atoms in total. The summed E-state index contributed by atoms with van der Waals surface area (Å²) in [6.07, 6.45) is 5.08. The quantitative estimate of drug-likeness (QED) is 0.333. The van der Waals surface area contributed by atoms with Crippen molar-refractivity contribution in [1.29, 1.82) is 0 Å². The van der Waals surface area contributed by atoms with E-state index in [9.17, 15) is 14.0 Å². The Bertz CT molecular complexity index is 1560. The SMILES string of the molecule is O=C(NC[C@H]1[C@@H]2CC[C@@H](C2)N1C(=O)c1nc(N2CCCC2)sc1-c1ccccc1F)c1cccc2ncsc12. The number of rotatable bonds is 6. The lowest BCUT2D eigenvalue weighted by atomic mass is 9.98. The number of likely N-dealkylation sites (tertiary alicyclic amines) is 1. The fourth-order valence-corrected chi connectivity index (χ4v) is 8.42. The Hall–Kier alpha value is -3.37. The van der Waals surface area contributed by atoms with E-state index in [2.05, 4.69) is 15.2 Å². The zero-order valence-corrected chi connectivity index (χ0v) is 22.9. The highest BCUT2D eigenvalue weighted by atomic mass is 32.1. The van der Waals surface area contributed by atoms with Crippen LogP contribution in [0.3, 0.4) is 0 Å². The van der Waals surface area contributed by atoms with Crippen LogP contribution in [-0.2, 0) is 0 Å². The van der Waals surface area contributed by atoms with Gasteiger partial charge in [0.15, 0.2) is 5.13 Å². The van der Waals surface area contributed by atoms with Crippen LogP contribution in [0.2, 0.25) is 0 Å². The van der Waals surface area contributed by atoms with Gasteiger partial charge in [0.05, 0.1) is 32.2 Å². The van der Waals surface area contributed by atoms with E-state index in [0.29, 0.717) is 34.2 Å². The Labute approximate surface area is 233 Å². The summed E-state index contributed by atoms with van der Waals surface area (Å²) in [5.74, 6) is -0.345. The highest BCUT2D eigenvalue weighted by Gasteiger charge is 2.49. The number of nitrogens with one attached hydrogen (secondary N) is 1. The molecular formula is C29H28FN5O2S2. The molecule has 200 valence electrons. The third-order valence-corrected chi connectivity index (χ3v) is 10.4. The van der Waals surface area contributed by atoms with Crippen LogP contribution in [0.5, 0.6) is 0 Å². The Morgan fingerprint density at radius 1 is 1.08 bits per heavy atom. The lowest BCUT2D eigenvalue weighted by molar-refractivity contribution is 0.0578. The first-order valence-electron chi connectivity index (χ1n) is 13.5. The largest absolute Gasteiger partial charge is 0.350 e. The summed E-state index contributed by atoms with van der Waals surface area (Å²) in [5, 5.41) is 3.89. The number of hydrogen-bond acceptors (Lipinski definition) is 7. The van der Waals surface area contributed by atoms with Crippen molar-refractivity contribution < 1.29 is 14.0 Å². The number of nitrogens with zero attached hydrogens (tertiary/aromatic N) is 4. The molecule has 1 saturated carbocycles. The smallest absolute Gasteiger partial charge is 0.274 e. The molecule has 0 radical (unpaired) electrons. The number of hydrogen-bond donors (Lipinski definition) is 1. The number of piperidine rings is 1. The third-order valence-electron chi connectivity index (χ3n) is 8.36. The van der Waals surface area contributed by atoms with Crippen LogP contribution in [-0.4, -0.2) is 58.4 Å². The van der Waals surface area contributed by atoms with Crippen LogP contribution in [0.1, 0.15) is 53.0 Å². The molecule has 1 aliphatic carbocycles. The van der Waals surface area contributed by atoms with Gasteiger partial charge in [-0.1, -0.05) is 35.6 Å². The van der Waals surface area contributed by atoms with Gasteiger partial charge < -0.3 is 15.1 Å². The summed E-state index contributed by atoms with van der Waals surface area (Å²) in [6.45, 7) is 2.17. The van der Waals surface area contributed by atoms with Crippen LogP contribution < -0.4 is 10.2 Å². The van der Waals surface area contributed by atoms with E-state index in [1.54, 1.807) is 23.7 Å². The van der Waals surface area contributed by atoms with Gasteiger partial charge in [0.2, 0.25) is 0 Å². The topological polar surface area (TPSA) is 78.4 Å². The highest BCUT2D eigenvalue weighted by Crippen LogP contribution is 2.45. The van der Waals surface area contributed by atoms with Crippen LogP contribution in [0.15, 0.2) is 48.0 Å². The molecule has 39 heavy (non-hydrogen) atoms. The molecule has 2 amide bonds. The lowest BCUT2D eigenvalue weighted by Gasteiger charge is -2.35. The molecule has 2 saturated heterocycles. The first-order chi connectivity index (χ1) is 19.1. The molecular weight excluding hydrogens is 533 g/mol. The van der Waals surface area contributed by atoms with E-state index >= 15 is 0 Å². The zero-order valence-electron chi connectivity index (χ0n) is 21.3. The molecule has 2 bridgehead atoms. The first kappa shape index (κ1) is 24.7. The highest BCUT2D eigenvalue weighted by molar-refractivity contribution is 7.19. The number of halogens is 1. The normalized spacial score (nSPS) is 22.2. The van der Waals surface area contributed by atoms with Gasteiger partial charge in [0.1, 0.15) is 11.5 Å². The fourth-order valence-electron chi connectivity index (χ4n) is 6.48. The van der Waals surface area contributed by atoms with E-state index in [1.165, 1.54) is 28.7 Å². The minimum Gasteiger partial charge on any atom is -0.350 e. The van der Waals surface area contributed by atoms with Gasteiger partial charge in [-0.2, -0.15) is 0 Å². The maximum Gasteiger partial charge on any atom is 0.274 e. The summed E-state index contributed by atoms with van der Waals surface area (Å²) in [6, 6.07) is 12.2. The molecule has 3 aliphatic rings. The maximum absolute atomic E-state index is 15.0. The molecule has 3 atom stereocenters. The predicted molar refractivity (Wildman–Crippen MR) is 152 cm³/mol. The second-order valence-electron chi connectivity index (χ2n) is 10.6. The van der Waals surface area contributed by atoms with Crippen LogP contribution in [0.25, 0.3) is 20.7 Å².